The van der Waals surface area contributed by atoms with Gasteiger partial charge in [0, 0.05) is 35.2 Å². The van der Waals surface area contributed by atoms with Crippen molar-refractivity contribution in [1.29, 1.82) is 0 Å². The largest absolute Gasteiger partial charge is 0.494 e. The molecule has 202 valence electrons. The summed E-state index contributed by atoms with van der Waals surface area (Å²) in [5.74, 6) is 2.41. The first-order valence-corrected chi connectivity index (χ1v) is 13.5. The quantitative estimate of drug-likeness (QED) is 0.280. The van der Waals surface area contributed by atoms with Crippen LogP contribution in [0.2, 0.25) is 0 Å². The number of methoxy groups -OCH3 is 1. The molecule has 0 radical (unpaired) electrons. The fraction of sp³-hybridized carbons (Fsp3) is 0.310. The van der Waals surface area contributed by atoms with Crippen LogP contribution in [0.1, 0.15) is 61.2 Å². The predicted molar refractivity (Wildman–Crippen MR) is 148 cm³/mol. The molecule has 4 aromatic heterocycles. The smallest absolute Gasteiger partial charge is 0.264 e. The maximum Gasteiger partial charge on any atom is 0.264 e. The van der Waals surface area contributed by atoms with Crippen LogP contribution >= 0.6 is 0 Å². The van der Waals surface area contributed by atoms with Crippen molar-refractivity contribution in [2.24, 2.45) is 0 Å². The number of nitrogens with zero attached hydrogens (tertiary/aromatic N) is 8. The third-order valence-corrected chi connectivity index (χ3v) is 7.06. The van der Waals surface area contributed by atoms with Crippen molar-refractivity contribution in [3.8, 4) is 34.3 Å². The van der Waals surface area contributed by atoms with Crippen LogP contribution in [0.25, 0.3) is 28.6 Å². The minimum Gasteiger partial charge on any atom is -0.494 e. The zero-order valence-corrected chi connectivity index (χ0v) is 22.4. The number of ether oxygens (including phenoxy) is 1. The van der Waals surface area contributed by atoms with Gasteiger partial charge in [-0.15, -0.1) is 5.10 Å². The molecule has 11 heteroatoms. The normalized spacial score (nSPS) is 12.9. The van der Waals surface area contributed by atoms with Gasteiger partial charge in [0.1, 0.15) is 5.82 Å². The van der Waals surface area contributed by atoms with Crippen molar-refractivity contribution in [1.82, 2.24) is 45.1 Å². The number of aromatic amines is 1. The van der Waals surface area contributed by atoms with Crippen molar-refractivity contribution in [3.63, 3.8) is 0 Å². The lowest BCUT2D eigenvalue weighted by atomic mass is 10.00. The molecule has 0 aliphatic heterocycles. The Morgan fingerprint density at radius 1 is 1.02 bits per heavy atom. The maximum absolute atomic E-state index is 14.1. The van der Waals surface area contributed by atoms with Gasteiger partial charge in [-0.2, -0.15) is 0 Å². The minimum atomic E-state index is -0.125. The predicted octanol–water partition coefficient (Wildman–Crippen LogP) is 4.08. The molecule has 1 N–H and O–H groups in total. The van der Waals surface area contributed by atoms with Crippen LogP contribution in [0.5, 0.6) is 5.75 Å². The highest BCUT2D eigenvalue weighted by Crippen LogP contribution is 2.39. The molecule has 1 fully saturated rings. The highest BCUT2D eigenvalue weighted by atomic mass is 16.5. The Hall–Kier alpha value is -4.80. The lowest BCUT2D eigenvalue weighted by Crippen LogP contribution is -2.30. The molecule has 5 aromatic rings. The van der Waals surface area contributed by atoms with Gasteiger partial charge in [-0.3, -0.25) is 9.78 Å². The van der Waals surface area contributed by atoms with E-state index in [1.165, 1.54) is 0 Å². The van der Waals surface area contributed by atoms with Crippen LogP contribution in [-0.2, 0) is 12.8 Å². The molecule has 0 amide bonds. The van der Waals surface area contributed by atoms with Gasteiger partial charge in [-0.25, -0.2) is 24.6 Å². The van der Waals surface area contributed by atoms with Crippen LogP contribution in [0.15, 0.2) is 59.8 Å². The monoisotopic (exact) mass is 535 g/mol. The van der Waals surface area contributed by atoms with E-state index in [4.69, 9.17) is 14.7 Å². The molecule has 1 aliphatic rings. The van der Waals surface area contributed by atoms with E-state index in [9.17, 15) is 4.79 Å². The molecule has 1 saturated carbocycles. The van der Waals surface area contributed by atoms with Gasteiger partial charge < -0.3 is 4.74 Å². The van der Waals surface area contributed by atoms with Crippen LogP contribution < -0.4 is 10.3 Å². The highest BCUT2D eigenvalue weighted by molar-refractivity contribution is 5.78. The number of hydrogen-bond donors (Lipinski definition) is 1. The van der Waals surface area contributed by atoms with E-state index >= 15 is 0 Å². The minimum absolute atomic E-state index is 0.125. The van der Waals surface area contributed by atoms with Crippen molar-refractivity contribution < 1.29 is 4.74 Å². The molecular formula is C29H29N9O2. The summed E-state index contributed by atoms with van der Waals surface area (Å²) >= 11 is 0. The lowest BCUT2D eigenvalue weighted by molar-refractivity contribution is 0.410. The van der Waals surface area contributed by atoms with Gasteiger partial charge in [0.2, 0.25) is 5.95 Å². The first-order chi connectivity index (χ1) is 19.7. The molecule has 0 bridgehead atoms. The molecule has 0 atom stereocenters. The second-order valence-corrected chi connectivity index (χ2v) is 9.86. The Morgan fingerprint density at radius 2 is 1.82 bits per heavy atom. The molecule has 1 aromatic carbocycles. The maximum atomic E-state index is 14.1. The Bertz CT molecular complexity index is 1660. The van der Waals surface area contributed by atoms with E-state index in [1.807, 2.05) is 42.6 Å². The van der Waals surface area contributed by atoms with Crippen molar-refractivity contribution in [2.45, 2.75) is 51.4 Å². The van der Waals surface area contributed by atoms with Crippen molar-refractivity contribution in [2.75, 3.05) is 7.11 Å². The number of H-pyrrole nitrogens is 1. The molecular weight excluding hydrogens is 506 g/mol. The summed E-state index contributed by atoms with van der Waals surface area (Å²) in [5.41, 5.74) is 4.85. The van der Waals surface area contributed by atoms with Gasteiger partial charge in [0.25, 0.3) is 5.56 Å². The number of rotatable bonds is 10. The number of aryl methyl sites for hydroxylation is 1. The van der Waals surface area contributed by atoms with Crippen molar-refractivity contribution >= 4 is 0 Å². The number of benzene rings is 1. The first kappa shape index (κ1) is 25.5. The molecule has 0 saturated heterocycles. The standard InChI is InChI=1S/C29H29N9O2/c1-3-4-9-25-23(28(39)38(27(33-25)19-11-12-19)29-31-16-20(40-2)17-32-29)14-18-10-13-24(30-15-18)21-7-5-6-8-22(21)26-34-36-37-35-26/h5-8,10,13,15-17,19H,3-4,9,11-12,14H2,1-2H3,(H,34,35,36,37). The van der Waals surface area contributed by atoms with E-state index in [1.54, 1.807) is 24.1 Å². The summed E-state index contributed by atoms with van der Waals surface area (Å²) in [5, 5.41) is 14.3. The zero-order valence-electron chi connectivity index (χ0n) is 22.4. The zero-order chi connectivity index (χ0) is 27.5. The summed E-state index contributed by atoms with van der Waals surface area (Å²) in [4.78, 5) is 32.8. The molecule has 0 unspecified atom stereocenters. The summed E-state index contributed by atoms with van der Waals surface area (Å²) < 4.78 is 6.80. The Labute approximate surface area is 230 Å². The average molecular weight is 536 g/mol. The van der Waals surface area contributed by atoms with E-state index in [-0.39, 0.29) is 11.5 Å². The third kappa shape index (κ3) is 5.09. The molecule has 40 heavy (non-hydrogen) atoms. The first-order valence-electron chi connectivity index (χ1n) is 13.5. The number of pyridine rings is 1. The molecule has 11 nitrogen and oxygen atoms in total. The fourth-order valence-corrected chi connectivity index (χ4v) is 4.76. The molecule has 0 spiro atoms. The summed E-state index contributed by atoms with van der Waals surface area (Å²) in [7, 11) is 1.56. The van der Waals surface area contributed by atoms with Crippen LogP contribution in [-0.4, -0.2) is 52.2 Å². The van der Waals surface area contributed by atoms with E-state index < -0.39 is 0 Å². The average Bonchev–Trinajstić information content (AvgIpc) is 3.70. The summed E-state index contributed by atoms with van der Waals surface area (Å²) in [6.45, 7) is 2.14. The van der Waals surface area contributed by atoms with E-state index in [0.717, 1.165) is 66.0 Å². The second-order valence-electron chi connectivity index (χ2n) is 9.86. The number of tetrazole rings is 1. The number of nitrogens with one attached hydrogen (secondary N) is 1. The number of aromatic nitrogens is 9. The van der Waals surface area contributed by atoms with Crippen LogP contribution in [0, 0.1) is 0 Å². The summed E-state index contributed by atoms with van der Waals surface area (Å²) in [6, 6.07) is 11.8. The van der Waals surface area contributed by atoms with Gasteiger partial charge in [-0.1, -0.05) is 43.7 Å². The number of unbranched alkanes of at least 4 members (excludes halogenated alkanes) is 1. The Morgan fingerprint density at radius 3 is 2.48 bits per heavy atom. The third-order valence-electron chi connectivity index (χ3n) is 7.06. The fourth-order valence-electron chi connectivity index (χ4n) is 4.76. The second kappa shape index (κ2) is 11.1. The molecule has 6 rings (SSSR count). The van der Waals surface area contributed by atoms with E-state index in [2.05, 4.69) is 37.5 Å². The molecule has 4 heterocycles. The van der Waals surface area contributed by atoms with Crippen molar-refractivity contribution in [3.05, 3.63) is 88.0 Å². The van der Waals surface area contributed by atoms with E-state index in [0.29, 0.717) is 29.5 Å². The Balaban J connectivity index is 1.38. The number of hydrogen-bond acceptors (Lipinski definition) is 9. The van der Waals surface area contributed by atoms with Gasteiger partial charge in [0.05, 0.1) is 30.9 Å². The lowest BCUT2D eigenvalue weighted by Gasteiger charge is -2.16. The summed E-state index contributed by atoms with van der Waals surface area (Å²) in [6.07, 6.45) is 10.1. The van der Waals surface area contributed by atoms with Gasteiger partial charge in [-0.05, 0) is 47.7 Å². The van der Waals surface area contributed by atoms with Gasteiger partial charge in [0.15, 0.2) is 11.6 Å². The van der Waals surface area contributed by atoms with Crippen LogP contribution in [0.4, 0.5) is 0 Å². The highest BCUT2D eigenvalue weighted by Gasteiger charge is 2.32. The SMILES string of the molecule is CCCCc1nc(C2CC2)n(-c2ncc(OC)cn2)c(=O)c1Cc1ccc(-c2ccccc2-c2nnn[nH]2)nc1. The topological polar surface area (TPSA) is 137 Å². The Kier molecular flexibility index (Phi) is 7.09. The molecule has 1 aliphatic carbocycles. The van der Waals surface area contributed by atoms with Crippen LogP contribution in [0.3, 0.4) is 0 Å². The van der Waals surface area contributed by atoms with Gasteiger partial charge >= 0.3 is 0 Å².